The van der Waals surface area contributed by atoms with E-state index in [1.54, 1.807) is 18.9 Å². The maximum absolute atomic E-state index is 10.4. The molecule has 0 aromatic rings. The Balaban J connectivity index is 3.40. The second-order valence-corrected chi connectivity index (χ2v) is 2.38. The molecule has 8 heavy (non-hydrogen) atoms. The third-order valence-corrected chi connectivity index (χ3v) is 1.52. The molecule has 0 rings (SSSR count). The summed E-state index contributed by atoms with van der Waals surface area (Å²) in [6, 6.07) is 0. The van der Waals surface area contributed by atoms with E-state index in [1.807, 2.05) is 0 Å². The molecule has 0 bridgehead atoms. The van der Waals surface area contributed by atoms with E-state index >= 15 is 0 Å². The van der Waals surface area contributed by atoms with Crippen molar-refractivity contribution in [1.82, 2.24) is 0 Å². The van der Waals surface area contributed by atoms with Crippen molar-refractivity contribution < 1.29 is 28.5 Å². The Bertz CT molecular complexity index is 109. The fourth-order valence-corrected chi connectivity index (χ4v) is 0.619. The summed E-state index contributed by atoms with van der Waals surface area (Å²) < 4.78 is 0. The molecular weight excluding hydrogens is 284 g/mol. The SMILES string of the molecule is CC(=O)CC(=O)[CH2][Ir]. The monoisotopic (exact) mass is 292 g/mol. The normalized spacial score (nSPS) is 8.88. The molecule has 0 saturated carbocycles. The summed E-state index contributed by atoms with van der Waals surface area (Å²) in [6.45, 7) is 1.42. The molecule has 0 atom stereocenters. The number of hydrogen-bond donors (Lipinski definition) is 0. The molecule has 0 aromatic carbocycles. The minimum atomic E-state index is -0.0446. The van der Waals surface area contributed by atoms with Crippen LogP contribution in [0.25, 0.3) is 0 Å². The van der Waals surface area contributed by atoms with Gasteiger partial charge >= 0.3 is 58.3 Å². The topological polar surface area (TPSA) is 34.1 Å². The van der Waals surface area contributed by atoms with Gasteiger partial charge in [-0.05, 0) is 0 Å². The van der Waals surface area contributed by atoms with Gasteiger partial charge in [0.2, 0.25) is 0 Å². The van der Waals surface area contributed by atoms with E-state index in [0.29, 0.717) is 4.93 Å². The van der Waals surface area contributed by atoms with Crippen LogP contribution in [0.2, 0.25) is 4.93 Å². The van der Waals surface area contributed by atoms with Gasteiger partial charge < -0.3 is 0 Å². The van der Waals surface area contributed by atoms with Gasteiger partial charge in [0.25, 0.3) is 0 Å². The van der Waals surface area contributed by atoms with Crippen LogP contribution in [0.1, 0.15) is 13.3 Å². The predicted octanol–water partition coefficient (Wildman–Crippen LogP) is 0.500. The van der Waals surface area contributed by atoms with E-state index < -0.39 is 0 Å². The molecule has 0 amide bonds. The van der Waals surface area contributed by atoms with Crippen LogP contribution in [0.5, 0.6) is 0 Å². The molecule has 0 aliphatic rings. The zero-order chi connectivity index (χ0) is 6.57. The molecule has 0 N–H and O–H groups in total. The van der Waals surface area contributed by atoms with Gasteiger partial charge in [0.05, 0.1) is 0 Å². The molecule has 0 aliphatic carbocycles. The third kappa shape index (κ3) is 4.16. The van der Waals surface area contributed by atoms with Crippen molar-refractivity contribution >= 4 is 11.6 Å². The molecule has 3 heteroatoms. The Morgan fingerprint density at radius 2 is 2.00 bits per heavy atom. The summed E-state index contributed by atoms with van der Waals surface area (Å²) >= 11 is 1.76. The number of Topliss-reactive ketones (excluding diaryl/α,β-unsaturated/α-hetero) is 2. The second-order valence-electron chi connectivity index (χ2n) is 1.54. The van der Waals surface area contributed by atoms with E-state index in [9.17, 15) is 9.59 Å². The van der Waals surface area contributed by atoms with Gasteiger partial charge in [0.15, 0.2) is 0 Å². The first-order chi connectivity index (χ1) is 3.66. The summed E-state index contributed by atoms with van der Waals surface area (Å²) in [5.74, 6) is -0.0191. The standard InChI is InChI=1S/C5H7O2.Ir/c1-4(6)3-5(2)7;/h1,3H2,2H3;. The van der Waals surface area contributed by atoms with Crippen molar-refractivity contribution in [3.63, 3.8) is 0 Å². The van der Waals surface area contributed by atoms with E-state index in [2.05, 4.69) is 0 Å². The van der Waals surface area contributed by atoms with Gasteiger partial charge in [-0.1, -0.05) is 0 Å². The Morgan fingerprint density at radius 1 is 1.50 bits per heavy atom. The van der Waals surface area contributed by atoms with Gasteiger partial charge in [-0.25, -0.2) is 0 Å². The van der Waals surface area contributed by atoms with Crippen LogP contribution in [-0.4, -0.2) is 11.6 Å². The van der Waals surface area contributed by atoms with Crippen LogP contribution in [0.3, 0.4) is 0 Å². The zero-order valence-corrected chi connectivity index (χ0v) is 6.96. The van der Waals surface area contributed by atoms with E-state index in [4.69, 9.17) is 0 Å². The van der Waals surface area contributed by atoms with E-state index in [1.165, 1.54) is 6.92 Å². The van der Waals surface area contributed by atoms with E-state index in [0.717, 1.165) is 0 Å². The average Bonchev–Trinajstić information content (AvgIpc) is 1.65. The van der Waals surface area contributed by atoms with Crippen LogP contribution in [0, 0.1) is 0 Å². The minimum absolute atomic E-state index is 0.0255. The van der Waals surface area contributed by atoms with Crippen LogP contribution in [0.4, 0.5) is 0 Å². The predicted molar refractivity (Wildman–Crippen MR) is 25.1 cm³/mol. The molecule has 0 heterocycles. The van der Waals surface area contributed by atoms with Crippen molar-refractivity contribution in [3.05, 3.63) is 0 Å². The molecule has 0 radical (unpaired) electrons. The van der Waals surface area contributed by atoms with Crippen LogP contribution < -0.4 is 0 Å². The fourth-order valence-electron chi connectivity index (χ4n) is 0.319. The van der Waals surface area contributed by atoms with E-state index in [-0.39, 0.29) is 18.0 Å². The number of ketones is 2. The average molecular weight is 291 g/mol. The number of rotatable bonds is 3. The summed E-state index contributed by atoms with van der Waals surface area (Å²) in [5.41, 5.74) is 0. The van der Waals surface area contributed by atoms with Crippen LogP contribution in [-0.2, 0) is 28.5 Å². The number of carbonyl (C=O) groups is 2. The number of hydrogen-bond acceptors (Lipinski definition) is 2. The first-order valence-electron chi connectivity index (χ1n) is 2.20. The molecule has 0 spiro atoms. The fraction of sp³-hybridized carbons (Fsp3) is 0.600. The summed E-state index contributed by atoms with van der Waals surface area (Å²) in [5, 5.41) is 0. The summed E-state index contributed by atoms with van der Waals surface area (Å²) in [7, 11) is 0. The van der Waals surface area contributed by atoms with Gasteiger partial charge in [-0.15, -0.1) is 0 Å². The first-order valence-corrected chi connectivity index (χ1v) is 3.90. The quantitative estimate of drug-likeness (QED) is 0.710. The van der Waals surface area contributed by atoms with Crippen LogP contribution in [0.15, 0.2) is 0 Å². The molecule has 2 nitrogen and oxygen atoms in total. The van der Waals surface area contributed by atoms with Crippen LogP contribution >= 0.6 is 0 Å². The van der Waals surface area contributed by atoms with Crippen molar-refractivity contribution in [2.24, 2.45) is 0 Å². The maximum atomic E-state index is 10.4. The molecule has 0 fully saturated rings. The molecule has 0 unspecified atom stereocenters. The molecular formula is C5H7IrO2. The van der Waals surface area contributed by atoms with Gasteiger partial charge in [-0.2, -0.15) is 0 Å². The van der Waals surface area contributed by atoms with Crippen molar-refractivity contribution in [2.45, 2.75) is 18.3 Å². The number of carbonyl (C=O) groups excluding carboxylic acids is 2. The Morgan fingerprint density at radius 3 is 2.12 bits per heavy atom. The molecule has 0 aliphatic heterocycles. The van der Waals surface area contributed by atoms with Gasteiger partial charge in [0, 0.05) is 0 Å². The first kappa shape index (κ1) is 7.99. The summed E-state index contributed by atoms with van der Waals surface area (Å²) in [4.78, 5) is 21.1. The zero-order valence-electron chi connectivity index (χ0n) is 4.56. The summed E-state index contributed by atoms with van der Waals surface area (Å²) in [6.07, 6.45) is 0.108. The van der Waals surface area contributed by atoms with Crippen molar-refractivity contribution in [1.29, 1.82) is 0 Å². The third-order valence-electron chi connectivity index (χ3n) is 0.578. The molecule has 48 valence electrons. The Hall–Kier alpha value is -0.0106. The second kappa shape index (κ2) is 3.93. The van der Waals surface area contributed by atoms with Gasteiger partial charge in [0.1, 0.15) is 0 Å². The Labute approximate surface area is 58.8 Å². The molecule has 0 saturated heterocycles. The Kier molecular flexibility index (Phi) is 3.92. The van der Waals surface area contributed by atoms with Crippen molar-refractivity contribution in [3.8, 4) is 0 Å². The van der Waals surface area contributed by atoms with Crippen molar-refractivity contribution in [2.75, 3.05) is 0 Å². The van der Waals surface area contributed by atoms with Gasteiger partial charge in [-0.3, -0.25) is 0 Å². The molecule has 0 aromatic heterocycles.